The summed E-state index contributed by atoms with van der Waals surface area (Å²) in [6.07, 6.45) is 11.3. The Morgan fingerprint density at radius 3 is 1.52 bits per heavy atom. The van der Waals surface area contributed by atoms with Crippen LogP contribution in [0, 0.1) is 7.14 Å². The lowest BCUT2D eigenvalue weighted by Gasteiger charge is -2.34. The largest absolute Gasteiger partial charge is 0.444 e. The quantitative estimate of drug-likeness (QED) is 0.0929. The van der Waals surface area contributed by atoms with E-state index in [9.17, 15) is 18.0 Å². The van der Waals surface area contributed by atoms with Crippen LogP contribution in [0.1, 0.15) is 91.8 Å². The molecule has 0 N–H and O–H groups in total. The smallest absolute Gasteiger partial charge is 0.410 e. The number of halogens is 2. The summed E-state index contributed by atoms with van der Waals surface area (Å²) < 4.78 is 48.0. The van der Waals surface area contributed by atoms with E-state index < -0.39 is 21.0 Å². The van der Waals surface area contributed by atoms with Crippen molar-refractivity contribution in [2.75, 3.05) is 32.4 Å². The minimum Gasteiger partial charge on any atom is -0.444 e. The van der Waals surface area contributed by atoms with E-state index in [1.165, 1.54) is 11.8 Å². The molecule has 0 saturated carbocycles. The third kappa shape index (κ3) is 14.3. The molecular weight excluding hydrogens is 1200 g/mol. The van der Waals surface area contributed by atoms with Crippen LogP contribution in [0.4, 0.5) is 9.59 Å². The number of hydrogen-bond donors (Lipinski definition) is 0. The van der Waals surface area contributed by atoms with Crippen LogP contribution in [0.3, 0.4) is 0 Å². The molecule has 20 heteroatoms. The maximum absolute atomic E-state index is 12.6. The topological polar surface area (TPSA) is 190 Å². The van der Waals surface area contributed by atoms with Gasteiger partial charge in [0.15, 0.2) is 0 Å². The number of amides is 2. The molecule has 0 atom stereocenters. The first-order valence-electron chi connectivity index (χ1n) is 24.9. The first-order chi connectivity index (χ1) is 35.6. The fraction of sp³-hybridized carbons (Fsp3) is 0.382. The molecule has 2 aliphatic rings. The van der Waals surface area contributed by atoms with Crippen molar-refractivity contribution in [3.05, 3.63) is 123 Å². The Labute approximate surface area is 466 Å². The van der Waals surface area contributed by atoms with Crippen molar-refractivity contribution in [1.29, 1.82) is 0 Å². The number of nitrogens with zero attached hydrogens (tertiary/aromatic N) is 10. The molecule has 7 aromatic rings. The number of imidazole rings is 2. The molecular formula is C55H62I2N10O7S. The molecule has 0 unspecified atom stereocenters. The molecule has 17 nitrogen and oxygen atoms in total. The molecule has 0 spiro atoms. The van der Waals surface area contributed by atoms with E-state index in [4.69, 9.17) is 29.2 Å². The molecule has 4 aromatic heterocycles. The van der Waals surface area contributed by atoms with Crippen molar-refractivity contribution >= 4 is 67.2 Å². The summed E-state index contributed by atoms with van der Waals surface area (Å²) in [5.74, 6) is 0.706. The van der Waals surface area contributed by atoms with Crippen LogP contribution in [0.15, 0.2) is 115 Å². The summed E-state index contributed by atoms with van der Waals surface area (Å²) >= 11 is 4.56. The van der Waals surface area contributed by atoms with Gasteiger partial charge in [-0.3, -0.25) is 0 Å². The lowest BCUT2D eigenvalue weighted by molar-refractivity contribution is 0.0178. The number of carbonyl (C=O) groups excluding carboxylic acids is 2. The molecule has 2 fully saturated rings. The zero-order valence-corrected chi connectivity index (χ0v) is 48.5. The molecule has 3 aromatic carbocycles. The number of aromatic nitrogens is 8. The van der Waals surface area contributed by atoms with Crippen LogP contribution in [0.25, 0.3) is 45.3 Å². The van der Waals surface area contributed by atoms with E-state index in [2.05, 4.69) is 102 Å². The highest BCUT2D eigenvalue weighted by Crippen LogP contribution is 2.38. The Morgan fingerprint density at radius 2 is 1.08 bits per heavy atom. The Balaban J connectivity index is 0.000000201. The Hall–Kier alpha value is -6.01. The van der Waals surface area contributed by atoms with Gasteiger partial charge in [0.05, 0.1) is 46.8 Å². The number of rotatable bonds is 10. The van der Waals surface area contributed by atoms with Crippen molar-refractivity contribution in [3.8, 4) is 57.1 Å². The molecule has 2 amide bonds. The van der Waals surface area contributed by atoms with E-state index in [1.54, 1.807) is 28.4 Å². The maximum atomic E-state index is 12.6. The third-order valence-corrected chi connectivity index (χ3v) is 14.7. The first-order valence-corrected chi connectivity index (χ1v) is 28.9. The van der Waals surface area contributed by atoms with Gasteiger partial charge in [0.25, 0.3) is 0 Å². The van der Waals surface area contributed by atoms with Gasteiger partial charge in [-0.1, -0.05) is 43.3 Å². The van der Waals surface area contributed by atoms with Gasteiger partial charge in [0.2, 0.25) is 15.0 Å². The van der Waals surface area contributed by atoms with E-state index in [0.717, 1.165) is 66.6 Å². The van der Waals surface area contributed by atoms with Gasteiger partial charge >= 0.3 is 18.2 Å². The lowest BCUT2D eigenvalue weighted by Crippen LogP contribution is -2.42. The zero-order chi connectivity index (χ0) is 53.7. The fourth-order valence-electron chi connectivity index (χ4n) is 8.83. The summed E-state index contributed by atoms with van der Waals surface area (Å²) in [5, 5.41) is -0.226. The molecule has 0 radical (unpaired) electrons. The highest BCUT2D eigenvalue weighted by atomic mass is 127. The van der Waals surface area contributed by atoms with Crippen molar-refractivity contribution in [2.45, 2.75) is 109 Å². The Morgan fingerprint density at radius 1 is 0.627 bits per heavy atom. The van der Waals surface area contributed by atoms with Gasteiger partial charge in [0, 0.05) is 75.2 Å². The average molecular weight is 1260 g/mol. The predicted octanol–water partition coefficient (Wildman–Crippen LogP) is 12.1. The second-order valence-corrected chi connectivity index (χ2v) is 24.8. The number of piperidine rings is 2. The normalized spacial score (nSPS) is 14.7. The van der Waals surface area contributed by atoms with E-state index in [1.807, 2.05) is 101 Å². The van der Waals surface area contributed by atoms with E-state index in [0.29, 0.717) is 56.2 Å². The summed E-state index contributed by atoms with van der Waals surface area (Å²) in [5.41, 5.74) is 6.47. The molecule has 0 aliphatic carbocycles. The van der Waals surface area contributed by atoms with Crippen LogP contribution in [-0.2, 0) is 25.7 Å². The van der Waals surface area contributed by atoms with Gasteiger partial charge in [-0.2, -0.15) is 4.98 Å². The maximum Gasteiger partial charge on any atom is 0.410 e. The van der Waals surface area contributed by atoms with Crippen molar-refractivity contribution < 1.29 is 32.2 Å². The van der Waals surface area contributed by atoms with Crippen LogP contribution in [0.2, 0.25) is 0 Å². The van der Waals surface area contributed by atoms with Crippen molar-refractivity contribution in [3.63, 3.8) is 0 Å². The van der Waals surface area contributed by atoms with E-state index >= 15 is 0 Å². The number of likely N-dealkylation sites (tertiary alicyclic amines) is 2. The summed E-state index contributed by atoms with van der Waals surface area (Å²) in [4.78, 5) is 55.8. The summed E-state index contributed by atoms with van der Waals surface area (Å²) in [6.45, 7) is 15.7. The number of ether oxygens (including phenoxy) is 3. The predicted molar refractivity (Wildman–Crippen MR) is 304 cm³/mol. The molecule has 9 rings (SSSR count). The van der Waals surface area contributed by atoms with Gasteiger partial charge < -0.3 is 33.1 Å². The van der Waals surface area contributed by atoms with Gasteiger partial charge in [0.1, 0.15) is 17.0 Å². The number of hydrogen-bond acceptors (Lipinski definition) is 13. The molecule has 394 valence electrons. The SMILES string of the molecule is CC(C)(C)OC(=O)N1CCC(n2cnc(-c3ccc(I)cc3)c2-c2ccnc(S(C)(=O)=O)n2)CC1.CCc1cccc(Oc2nccc(-c3c(-c4ccc(I)cc4)ncn3C3CCN(C(=O)OC(C)(C)C)CC3)n2)c1. The summed E-state index contributed by atoms with van der Waals surface area (Å²) in [7, 11) is -3.58. The standard InChI is InChI=1S/C31H34IN5O3.C24H28IN5O4S/c1-5-21-7-6-8-25(19-21)39-29-33-16-13-26(35-29)28-27(22-9-11-23(32)12-10-22)34-20-37(28)24-14-17-36(18-15-24)30(38)40-31(2,3)4;1-24(2,3)34-23(31)29-13-10-18(11-14-29)30-15-27-20(16-5-7-17(25)8-6-16)21(30)19-9-12-26-22(28-19)35(4,32)33/h6-13,16,19-20,24H,5,14-15,17-18H2,1-4H3;5-9,12,15,18H,10-11,13-14H2,1-4H3. The Bertz CT molecular complexity index is 3230. The van der Waals surface area contributed by atoms with Crippen molar-refractivity contribution in [2.24, 2.45) is 0 Å². The number of carbonyl (C=O) groups is 2. The van der Waals surface area contributed by atoms with Crippen LogP contribution >= 0.6 is 45.2 Å². The van der Waals surface area contributed by atoms with Crippen LogP contribution in [-0.4, -0.2) is 113 Å². The highest BCUT2D eigenvalue weighted by Gasteiger charge is 2.32. The minimum atomic E-state index is -3.58. The average Bonchev–Trinajstić information content (AvgIpc) is 4.04. The second kappa shape index (κ2) is 23.5. The summed E-state index contributed by atoms with van der Waals surface area (Å²) in [6, 6.07) is 28.4. The van der Waals surface area contributed by atoms with Gasteiger partial charge in [-0.25, -0.2) is 42.9 Å². The Kier molecular flexibility index (Phi) is 17.3. The number of sulfone groups is 1. The number of aryl methyl sites for hydroxylation is 1. The molecule has 6 heterocycles. The van der Waals surface area contributed by atoms with Gasteiger partial charge in [-0.15, -0.1) is 0 Å². The van der Waals surface area contributed by atoms with Crippen molar-refractivity contribution in [1.82, 2.24) is 48.8 Å². The molecule has 0 bridgehead atoms. The molecule has 2 aliphatic heterocycles. The number of benzene rings is 3. The first kappa shape index (κ1) is 55.2. The zero-order valence-electron chi connectivity index (χ0n) is 43.4. The molecule has 2 saturated heterocycles. The monoisotopic (exact) mass is 1260 g/mol. The lowest BCUT2D eigenvalue weighted by atomic mass is 10.0. The second-order valence-electron chi connectivity index (χ2n) is 20.4. The van der Waals surface area contributed by atoms with Gasteiger partial charge in [-0.05, 0) is 173 Å². The fourth-order valence-corrected chi connectivity index (χ4v) is 10.1. The van der Waals surface area contributed by atoms with Crippen LogP contribution in [0.5, 0.6) is 11.8 Å². The van der Waals surface area contributed by atoms with E-state index in [-0.39, 0.29) is 35.4 Å². The highest BCUT2D eigenvalue weighted by molar-refractivity contribution is 14.1. The minimum absolute atomic E-state index is 0.0606. The molecule has 75 heavy (non-hydrogen) atoms. The third-order valence-electron chi connectivity index (χ3n) is 12.4. The van der Waals surface area contributed by atoms with Crippen LogP contribution < -0.4 is 4.74 Å².